The van der Waals surface area contributed by atoms with Crippen molar-refractivity contribution in [2.45, 2.75) is 26.3 Å². The summed E-state index contributed by atoms with van der Waals surface area (Å²) in [6, 6.07) is 7.68. The maximum atomic E-state index is 5.83. The minimum atomic E-state index is 0.515. The number of aryl methyl sites for hydroxylation is 1. The molecule has 0 aliphatic rings. The average Bonchev–Trinajstić information content (AvgIpc) is 2.39. The SMILES string of the molecule is CCCc1nc(N)cc(N(C)Cc2ccccn2)n1. The highest BCUT2D eigenvalue weighted by Gasteiger charge is 2.08. The van der Waals surface area contributed by atoms with E-state index < -0.39 is 0 Å². The minimum absolute atomic E-state index is 0.515. The molecule has 2 heterocycles. The molecule has 19 heavy (non-hydrogen) atoms. The van der Waals surface area contributed by atoms with Gasteiger partial charge in [-0.25, -0.2) is 9.97 Å². The predicted molar refractivity (Wildman–Crippen MR) is 76.8 cm³/mol. The maximum Gasteiger partial charge on any atom is 0.134 e. The molecule has 2 aromatic heterocycles. The molecule has 0 radical (unpaired) electrons. The van der Waals surface area contributed by atoms with Crippen molar-refractivity contribution < 1.29 is 0 Å². The molecule has 5 nitrogen and oxygen atoms in total. The van der Waals surface area contributed by atoms with Crippen LogP contribution in [0.5, 0.6) is 0 Å². The molecule has 0 bridgehead atoms. The van der Waals surface area contributed by atoms with Gasteiger partial charge in [0.25, 0.3) is 0 Å². The van der Waals surface area contributed by atoms with Gasteiger partial charge in [0, 0.05) is 25.7 Å². The Hall–Kier alpha value is -2.17. The van der Waals surface area contributed by atoms with Crippen LogP contribution in [0, 0.1) is 0 Å². The van der Waals surface area contributed by atoms with Gasteiger partial charge >= 0.3 is 0 Å². The van der Waals surface area contributed by atoms with Gasteiger partial charge in [-0.3, -0.25) is 4.98 Å². The lowest BCUT2D eigenvalue weighted by molar-refractivity contribution is 0.808. The molecule has 0 aliphatic carbocycles. The van der Waals surface area contributed by atoms with E-state index in [9.17, 15) is 0 Å². The molecule has 2 aromatic rings. The molecule has 2 rings (SSSR count). The molecule has 0 aliphatic heterocycles. The molecule has 0 fully saturated rings. The summed E-state index contributed by atoms with van der Waals surface area (Å²) in [6.45, 7) is 2.80. The number of nitrogens with two attached hydrogens (primary N) is 1. The Morgan fingerprint density at radius 1 is 1.26 bits per heavy atom. The number of pyridine rings is 1. The fraction of sp³-hybridized carbons (Fsp3) is 0.357. The third-order valence-corrected chi connectivity index (χ3v) is 2.77. The Labute approximate surface area is 113 Å². The van der Waals surface area contributed by atoms with Crippen LogP contribution in [-0.2, 0) is 13.0 Å². The maximum absolute atomic E-state index is 5.83. The Bertz CT molecular complexity index is 527. The van der Waals surface area contributed by atoms with E-state index in [0.717, 1.165) is 30.2 Å². The van der Waals surface area contributed by atoms with Crippen LogP contribution in [0.4, 0.5) is 11.6 Å². The van der Waals surface area contributed by atoms with Crippen LogP contribution in [0.15, 0.2) is 30.5 Å². The highest BCUT2D eigenvalue weighted by atomic mass is 15.2. The fourth-order valence-corrected chi connectivity index (χ4v) is 1.85. The van der Waals surface area contributed by atoms with Gasteiger partial charge in [-0.2, -0.15) is 0 Å². The Morgan fingerprint density at radius 3 is 2.79 bits per heavy atom. The van der Waals surface area contributed by atoms with Gasteiger partial charge in [0.2, 0.25) is 0 Å². The molecular formula is C14H19N5. The summed E-state index contributed by atoms with van der Waals surface area (Å²) < 4.78 is 0. The second-order valence-electron chi connectivity index (χ2n) is 4.49. The minimum Gasteiger partial charge on any atom is -0.384 e. The number of rotatable bonds is 5. The predicted octanol–water partition coefficient (Wildman–Crippen LogP) is 2.04. The summed E-state index contributed by atoms with van der Waals surface area (Å²) in [4.78, 5) is 15.1. The van der Waals surface area contributed by atoms with Crippen LogP contribution < -0.4 is 10.6 Å². The van der Waals surface area contributed by atoms with E-state index in [1.165, 1.54) is 0 Å². The van der Waals surface area contributed by atoms with Crippen molar-refractivity contribution >= 4 is 11.6 Å². The first kappa shape index (κ1) is 13.3. The second-order valence-corrected chi connectivity index (χ2v) is 4.49. The van der Waals surface area contributed by atoms with Gasteiger partial charge in [0.1, 0.15) is 17.5 Å². The Balaban J connectivity index is 2.16. The van der Waals surface area contributed by atoms with Gasteiger partial charge in [-0.1, -0.05) is 13.0 Å². The quantitative estimate of drug-likeness (QED) is 0.887. The highest BCUT2D eigenvalue weighted by molar-refractivity contribution is 5.46. The van der Waals surface area contributed by atoms with E-state index >= 15 is 0 Å². The molecule has 0 saturated heterocycles. The Morgan fingerprint density at radius 2 is 2.11 bits per heavy atom. The summed E-state index contributed by atoms with van der Waals surface area (Å²) in [5, 5.41) is 0. The van der Waals surface area contributed by atoms with Crippen molar-refractivity contribution in [3.8, 4) is 0 Å². The van der Waals surface area contributed by atoms with Crippen molar-refractivity contribution in [2.75, 3.05) is 17.7 Å². The standard InChI is InChI=1S/C14H19N5/c1-3-6-13-17-12(15)9-14(18-13)19(2)10-11-7-4-5-8-16-11/h4-5,7-9H,3,6,10H2,1-2H3,(H2,15,17,18). The van der Waals surface area contributed by atoms with E-state index in [4.69, 9.17) is 5.73 Å². The first-order valence-corrected chi connectivity index (χ1v) is 6.43. The molecular weight excluding hydrogens is 238 g/mol. The zero-order chi connectivity index (χ0) is 13.7. The number of nitrogen functional groups attached to an aromatic ring is 1. The van der Waals surface area contributed by atoms with E-state index in [-0.39, 0.29) is 0 Å². The van der Waals surface area contributed by atoms with Gasteiger partial charge in [0.15, 0.2) is 0 Å². The molecule has 5 heteroatoms. The van der Waals surface area contributed by atoms with Crippen LogP contribution in [0.3, 0.4) is 0 Å². The average molecular weight is 257 g/mol. The van der Waals surface area contributed by atoms with Gasteiger partial charge in [0.05, 0.1) is 12.2 Å². The van der Waals surface area contributed by atoms with Gasteiger partial charge in [-0.05, 0) is 18.6 Å². The summed E-state index contributed by atoms with van der Waals surface area (Å²) >= 11 is 0. The van der Waals surface area contributed by atoms with Crippen molar-refractivity contribution in [3.63, 3.8) is 0 Å². The monoisotopic (exact) mass is 257 g/mol. The highest BCUT2D eigenvalue weighted by Crippen LogP contribution is 2.15. The van der Waals surface area contributed by atoms with Crippen LogP contribution >= 0.6 is 0 Å². The number of nitrogens with zero attached hydrogens (tertiary/aromatic N) is 4. The zero-order valence-electron chi connectivity index (χ0n) is 11.4. The summed E-state index contributed by atoms with van der Waals surface area (Å²) in [7, 11) is 1.98. The number of anilines is 2. The molecule has 0 saturated carbocycles. The third-order valence-electron chi connectivity index (χ3n) is 2.77. The molecule has 0 atom stereocenters. The summed E-state index contributed by atoms with van der Waals surface area (Å²) in [5.41, 5.74) is 6.83. The van der Waals surface area contributed by atoms with E-state index in [2.05, 4.69) is 21.9 Å². The second kappa shape index (κ2) is 6.13. The fourth-order valence-electron chi connectivity index (χ4n) is 1.85. The van der Waals surface area contributed by atoms with Crippen molar-refractivity contribution in [1.82, 2.24) is 15.0 Å². The number of hydrogen-bond acceptors (Lipinski definition) is 5. The van der Waals surface area contributed by atoms with Crippen molar-refractivity contribution in [1.29, 1.82) is 0 Å². The van der Waals surface area contributed by atoms with Crippen LogP contribution in [0.2, 0.25) is 0 Å². The molecule has 0 aromatic carbocycles. The topological polar surface area (TPSA) is 67.9 Å². The lowest BCUT2D eigenvalue weighted by Crippen LogP contribution is -2.19. The van der Waals surface area contributed by atoms with Crippen LogP contribution in [0.25, 0.3) is 0 Å². The van der Waals surface area contributed by atoms with Gasteiger partial charge in [-0.15, -0.1) is 0 Å². The first-order chi connectivity index (χ1) is 9.19. The third kappa shape index (κ3) is 3.64. The normalized spacial score (nSPS) is 10.4. The van der Waals surface area contributed by atoms with E-state index in [1.54, 1.807) is 12.3 Å². The number of hydrogen-bond donors (Lipinski definition) is 1. The van der Waals surface area contributed by atoms with Crippen LogP contribution in [-0.4, -0.2) is 22.0 Å². The first-order valence-electron chi connectivity index (χ1n) is 6.43. The Kier molecular flexibility index (Phi) is 4.28. The van der Waals surface area contributed by atoms with Crippen LogP contribution in [0.1, 0.15) is 24.9 Å². The summed E-state index contributed by atoms with van der Waals surface area (Å²) in [5.74, 6) is 2.15. The van der Waals surface area contributed by atoms with Crippen molar-refractivity contribution in [3.05, 3.63) is 42.0 Å². The molecule has 0 amide bonds. The van der Waals surface area contributed by atoms with Gasteiger partial charge < -0.3 is 10.6 Å². The summed E-state index contributed by atoms with van der Waals surface area (Å²) in [6.07, 6.45) is 3.64. The zero-order valence-corrected chi connectivity index (χ0v) is 11.4. The lowest BCUT2D eigenvalue weighted by Gasteiger charge is -2.18. The smallest absolute Gasteiger partial charge is 0.134 e. The van der Waals surface area contributed by atoms with E-state index in [1.807, 2.05) is 30.1 Å². The van der Waals surface area contributed by atoms with Crippen molar-refractivity contribution in [2.24, 2.45) is 0 Å². The number of aromatic nitrogens is 3. The molecule has 0 spiro atoms. The molecule has 2 N–H and O–H groups in total. The largest absolute Gasteiger partial charge is 0.384 e. The molecule has 100 valence electrons. The molecule has 0 unspecified atom stereocenters. The van der Waals surface area contributed by atoms with E-state index in [0.29, 0.717) is 12.4 Å². The lowest BCUT2D eigenvalue weighted by atomic mass is 10.3.